The molecule has 3 nitrogen and oxygen atoms in total. The lowest BCUT2D eigenvalue weighted by atomic mass is 9.83. The van der Waals surface area contributed by atoms with E-state index in [1.165, 1.54) is 44.9 Å². The average Bonchev–Trinajstić information content (AvgIpc) is 2.85. The van der Waals surface area contributed by atoms with E-state index >= 15 is 0 Å². The summed E-state index contributed by atoms with van der Waals surface area (Å²) in [7, 11) is 0. The number of carbonyl (C=O) groups excluding carboxylic acids is 1. The Kier molecular flexibility index (Phi) is 5.48. The van der Waals surface area contributed by atoms with Gasteiger partial charge in [-0.3, -0.25) is 4.79 Å². The average molecular weight is 252 g/mol. The van der Waals surface area contributed by atoms with E-state index < -0.39 is 0 Å². The first kappa shape index (κ1) is 13.9. The third-order valence-corrected chi connectivity index (χ3v) is 4.76. The van der Waals surface area contributed by atoms with E-state index in [0.717, 1.165) is 25.3 Å². The maximum atomic E-state index is 11.9. The van der Waals surface area contributed by atoms with Gasteiger partial charge in [0.15, 0.2) is 0 Å². The number of hydrogen-bond donors (Lipinski definition) is 2. The molecule has 2 rings (SSSR count). The van der Waals surface area contributed by atoms with E-state index in [4.69, 9.17) is 5.73 Å². The smallest absolute Gasteiger partial charge is 0.220 e. The van der Waals surface area contributed by atoms with Crippen molar-refractivity contribution >= 4 is 5.91 Å². The third kappa shape index (κ3) is 4.27. The fourth-order valence-corrected chi connectivity index (χ4v) is 3.51. The zero-order valence-electron chi connectivity index (χ0n) is 11.5. The third-order valence-electron chi connectivity index (χ3n) is 4.76. The SMILES string of the molecule is NC1CCCCC1CC(=O)NCCC1CCCC1. The van der Waals surface area contributed by atoms with Crippen molar-refractivity contribution in [3.8, 4) is 0 Å². The normalized spacial score (nSPS) is 29.4. The standard InChI is InChI=1S/C15H28N2O/c16-14-8-4-3-7-13(14)11-15(18)17-10-9-12-5-1-2-6-12/h12-14H,1-11,16H2,(H,17,18). The van der Waals surface area contributed by atoms with Gasteiger partial charge in [0.1, 0.15) is 0 Å². The molecule has 2 aliphatic carbocycles. The highest BCUT2D eigenvalue weighted by Crippen LogP contribution is 2.27. The van der Waals surface area contributed by atoms with Crippen molar-refractivity contribution < 1.29 is 4.79 Å². The molecule has 0 saturated heterocycles. The van der Waals surface area contributed by atoms with E-state index in [1.807, 2.05) is 0 Å². The molecule has 2 fully saturated rings. The molecule has 0 heterocycles. The van der Waals surface area contributed by atoms with E-state index in [9.17, 15) is 4.79 Å². The summed E-state index contributed by atoms with van der Waals surface area (Å²) in [5, 5.41) is 3.08. The summed E-state index contributed by atoms with van der Waals surface area (Å²) >= 11 is 0. The number of amides is 1. The van der Waals surface area contributed by atoms with Gasteiger partial charge < -0.3 is 11.1 Å². The van der Waals surface area contributed by atoms with Gasteiger partial charge in [-0.05, 0) is 31.1 Å². The first-order valence-electron chi connectivity index (χ1n) is 7.78. The van der Waals surface area contributed by atoms with Crippen LogP contribution < -0.4 is 11.1 Å². The maximum Gasteiger partial charge on any atom is 0.220 e. The number of nitrogens with one attached hydrogen (secondary N) is 1. The predicted molar refractivity (Wildman–Crippen MR) is 74.1 cm³/mol. The highest BCUT2D eigenvalue weighted by atomic mass is 16.1. The monoisotopic (exact) mass is 252 g/mol. The Hall–Kier alpha value is -0.570. The van der Waals surface area contributed by atoms with Crippen LogP contribution in [0.5, 0.6) is 0 Å². The van der Waals surface area contributed by atoms with Crippen LogP contribution >= 0.6 is 0 Å². The Morgan fingerprint density at radius 2 is 1.72 bits per heavy atom. The van der Waals surface area contributed by atoms with Crippen molar-refractivity contribution in [1.29, 1.82) is 0 Å². The van der Waals surface area contributed by atoms with Crippen LogP contribution in [0.15, 0.2) is 0 Å². The second-order valence-electron chi connectivity index (χ2n) is 6.20. The molecular formula is C15H28N2O. The first-order valence-corrected chi connectivity index (χ1v) is 7.78. The van der Waals surface area contributed by atoms with Crippen molar-refractivity contribution in [2.24, 2.45) is 17.6 Å². The van der Waals surface area contributed by atoms with Crippen LogP contribution in [-0.4, -0.2) is 18.5 Å². The lowest BCUT2D eigenvalue weighted by molar-refractivity contribution is -0.122. The predicted octanol–water partition coefficient (Wildman–Crippen LogP) is 2.59. The number of hydrogen-bond acceptors (Lipinski definition) is 2. The molecular weight excluding hydrogens is 224 g/mol. The molecule has 0 bridgehead atoms. The largest absolute Gasteiger partial charge is 0.356 e. The van der Waals surface area contributed by atoms with Crippen molar-refractivity contribution in [2.75, 3.05) is 6.54 Å². The van der Waals surface area contributed by atoms with Gasteiger partial charge >= 0.3 is 0 Å². The van der Waals surface area contributed by atoms with Crippen LogP contribution in [0.2, 0.25) is 0 Å². The molecule has 1 amide bonds. The molecule has 3 heteroatoms. The minimum absolute atomic E-state index is 0.218. The summed E-state index contributed by atoms with van der Waals surface area (Å²) in [5.74, 6) is 1.50. The van der Waals surface area contributed by atoms with E-state index in [-0.39, 0.29) is 11.9 Å². The van der Waals surface area contributed by atoms with Crippen LogP contribution in [0.1, 0.15) is 64.2 Å². The summed E-state index contributed by atoms with van der Waals surface area (Å²) in [5.41, 5.74) is 6.08. The van der Waals surface area contributed by atoms with Gasteiger partial charge in [-0.25, -0.2) is 0 Å². The van der Waals surface area contributed by atoms with Crippen molar-refractivity contribution in [2.45, 2.75) is 70.3 Å². The quantitative estimate of drug-likeness (QED) is 0.790. The van der Waals surface area contributed by atoms with Gasteiger partial charge in [0.05, 0.1) is 0 Å². The Labute approximate surface area is 111 Å². The van der Waals surface area contributed by atoms with Crippen molar-refractivity contribution in [1.82, 2.24) is 5.32 Å². The minimum atomic E-state index is 0.218. The lowest BCUT2D eigenvalue weighted by Crippen LogP contribution is -2.37. The zero-order valence-corrected chi connectivity index (χ0v) is 11.5. The van der Waals surface area contributed by atoms with Crippen molar-refractivity contribution in [3.05, 3.63) is 0 Å². The zero-order chi connectivity index (χ0) is 12.8. The van der Waals surface area contributed by atoms with Crippen molar-refractivity contribution in [3.63, 3.8) is 0 Å². The number of rotatable bonds is 5. The second kappa shape index (κ2) is 7.13. The molecule has 2 aliphatic rings. The molecule has 0 spiro atoms. The number of carbonyl (C=O) groups is 1. The van der Waals surface area contributed by atoms with Gasteiger partial charge in [0, 0.05) is 19.0 Å². The van der Waals surface area contributed by atoms with Gasteiger partial charge in [-0.15, -0.1) is 0 Å². The van der Waals surface area contributed by atoms with Crippen LogP contribution in [0.4, 0.5) is 0 Å². The molecule has 2 atom stereocenters. The van der Waals surface area contributed by atoms with Gasteiger partial charge in [0.2, 0.25) is 5.91 Å². The Morgan fingerprint density at radius 3 is 2.44 bits per heavy atom. The Bertz CT molecular complexity index is 261. The summed E-state index contributed by atoms with van der Waals surface area (Å²) in [4.78, 5) is 11.9. The Balaban J connectivity index is 1.59. The Morgan fingerprint density at radius 1 is 1.06 bits per heavy atom. The molecule has 104 valence electrons. The highest BCUT2D eigenvalue weighted by molar-refractivity contribution is 5.76. The molecule has 0 aromatic rings. The summed E-state index contributed by atoms with van der Waals surface area (Å²) in [6, 6.07) is 0.249. The van der Waals surface area contributed by atoms with E-state index in [0.29, 0.717) is 12.3 Å². The molecule has 0 aromatic carbocycles. The number of nitrogens with two attached hydrogens (primary N) is 1. The molecule has 2 saturated carbocycles. The summed E-state index contributed by atoms with van der Waals surface area (Å²) in [6.07, 6.45) is 12.0. The van der Waals surface area contributed by atoms with Crippen LogP contribution in [0.3, 0.4) is 0 Å². The molecule has 18 heavy (non-hydrogen) atoms. The van der Waals surface area contributed by atoms with Gasteiger partial charge in [-0.1, -0.05) is 38.5 Å². The molecule has 2 unspecified atom stereocenters. The summed E-state index contributed by atoms with van der Waals surface area (Å²) < 4.78 is 0. The van der Waals surface area contributed by atoms with Gasteiger partial charge in [0.25, 0.3) is 0 Å². The molecule has 0 aromatic heterocycles. The van der Waals surface area contributed by atoms with E-state index in [1.54, 1.807) is 0 Å². The maximum absolute atomic E-state index is 11.9. The van der Waals surface area contributed by atoms with Crippen LogP contribution in [-0.2, 0) is 4.79 Å². The highest BCUT2D eigenvalue weighted by Gasteiger charge is 2.24. The topological polar surface area (TPSA) is 55.1 Å². The minimum Gasteiger partial charge on any atom is -0.356 e. The summed E-state index contributed by atoms with van der Waals surface area (Å²) in [6.45, 7) is 0.867. The van der Waals surface area contributed by atoms with E-state index in [2.05, 4.69) is 5.32 Å². The van der Waals surface area contributed by atoms with Gasteiger partial charge in [-0.2, -0.15) is 0 Å². The van der Waals surface area contributed by atoms with Crippen LogP contribution in [0, 0.1) is 11.8 Å². The van der Waals surface area contributed by atoms with Crippen LogP contribution in [0.25, 0.3) is 0 Å². The fourth-order valence-electron chi connectivity index (χ4n) is 3.51. The fraction of sp³-hybridized carbons (Fsp3) is 0.933. The lowest BCUT2D eigenvalue weighted by Gasteiger charge is -2.28. The molecule has 3 N–H and O–H groups in total. The molecule has 0 aliphatic heterocycles. The molecule has 0 radical (unpaired) electrons. The first-order chi connectivity index (χ1) is 8.75. The second-order valence-corrected chi connectivity index (χ2v) is 6.20.